The fraction of sp³-hybridized carbons (Fsp3) is 0.241. The van der Waals surface area contributed by atoms with Crippen molar-refractivity contribution >= 4 is 57.2 Å². The number of nitriles is 2. The van der Waals surface area contributed by atoms with Crippen LogP contribution >= 0.6 is 34.7 Å². The third kappa shape index (κ3) is 5.84. The number of thioether (sulfide) groups is 1. The molecule has 0 spiro atoms. The molecule has 2 aromatic carbocycles. The molecule has 3 N–H and O–H groups in total. The minimum absolute atomic E-state index is 0.0416. The molecule has 206 valence electrons. The SMILES string of the molecule is CC1(C)CC(=O)C2=C(C1)N(c1nnc(SCC(=O)Nc3ccc(C#N)cc3)s1)C(N)=C(C#N)C2c1ccc(Cl)cc1. The Kier molecular flexibility index (Phi) is 7.87. The van der Waals surface area contributed by atoms with E-state index in [1.54, 1.807) is 41.3 Å². The minimum atomic E-state index is -0.611. The highest BCUT2D eigenvalue weighted by Gasteiger charge is 2.45. The second-order valence-corrected chi connectivity index (χ2v) is 13.0. The lowest BCUT2D eigenvalue weighted by Gasteiger charge is -2.42. The number of amides is 1. The molecule has 0 saturated carbocycles. The van der Waals surface area contributed by atoms with Gasteiger partial charge in [0.1, 0.15) is 5.82 Å². The molecule has 1 aliphatic carbocycles. The number of carbonyl (C=O) groups excluding carboxylic acids is 2. The van der Waals surface area contributed by atoms with Crippen molar-refractivity contribution in [2.45, 2.75) is 36.9 Å². The van der Waals surface area contributed by atoms with Gasteiger partial charge in [-0.3, -0.25) is 14.5 Å². The molecule has 1 aliphatic heterocycles. The number of anilines is 2. The van der Waals surface area contributed by atoms with E-state index in [-0.39, 0.29) is 34.3 Å². The first-order chi connectivity index (χ1) is 19.6. The molecule has 3 aromatic rings. The van der Waals surface area contributed by atoms with E-state index in [9.17, 15) is 14.9 Å². The summed E-state index contributed by atoms with van der Waals surface area (Å²) in [4.78, 5) is 27.8. The molecule has 1 unspecified atom stereocenters. The van der Waals surface area contributed by atoms with Crippen molar-refractivity contribution in [2.24, 2.45) is 11.1 Å². The summed E-state index contributed by atoms with van der Waals surface area (Å²) < 4.78 is 0.532. The van der Waals surface area contributed by atoms with Crippen molar-refractivity contribution in [3.8, 4) is 12.1 Å². The fourth-order valence-electron chi connectivity index (χ4n) is 5.02. The van der Waals surface area contributed by atoms with E-state index in [1.165, 1.54) is 23.1 Å². The van der Waals surface area contributed by atoms with Crippen molar-refractivity contribution in [3.05, 3.63) is 87.3 Å². The highest BCUT2D eigenvalue weighted by atomic mass is 35.5. The summed E-state index contributed by atoms with van der Waals surface area (Å²) >= 11 is 8.56. The third-order valence-electron chi connectivity index (χ3n) is 6.80. The standard InChI is InChI=1S/C29H24ClN7O2S2/c1-29(2)11-21-25(22(38)12-29)24(17-5-7-18(30)8-6-17)20(14-32)26(33)37(21)27-35-36-28(41-27)40-15-23(39)34-19-9-3-16(13-31)4-10-19/h3-10,24H,11-12,15,33H2,1-2H3,(H,34,39). The van der Waals surface area contributed by atoms with Crippen LogP contribution in [0.2, 0.25) is 5.02 Å². The van der Waals surface area contributed by atoms with Gasteiger partial charge in [0.15, 0.2) is 10.1 Å². The number of aromatic nitrogens is 2. The van der Waals surface area contributed by atoms with Crippen LogP contribution < -0.4 is 16.0 Å². The molecule has 1 aromatic heterocycles. The van der Waals surface area contributed by atoms with Crippen LogP contribution in [0, 0.1) is 28.1 Å². The number of hydrogen-bond donors (Lipinski definition) is 2. The van der Waals surface area contributed by atoms with Crippen molar-refractivity contribution in [1.29, 1.82) is 10.5 Å². The molecule has 0 radical (unpaired) electrons. The molecule has 0 saturated heterocycles. The Balaban J connectivity index is 1.44. The molecule has 12 heteroatoms. The first-order valence-corrected chi connectivity index (χ1v) is 14.8. The molecule has 2 aliphatic rings. The number of rotatable bonds is 6. The number of Topliss-reactive ketones (excluding diaryl/α,β-unsaturated/α-hetero) is 1. The first kappa shape index (κ1) is 28.4. The van der Waals surface area contributed by atoms with E-state index < -0.39 is 5.92 Å². The Morgan fingerprint density at radius 3 is 2.51 bits per heavy atom. The largest absolute Gasteiger partial charge is 0.384 e. The van der Waals surface area contributed by atoms with E-state index in [4.69, 9.17) is 22.6 Å². The molecular weight excluding hydrogens is 578 g/mol. The maximum atomic E-state index is 13.6. The Hall–Kier alpha value is -4.16. The topological polar surface area (TPSA) is 149 Å². The molecule has 9 nitrogen and oxygen atoms in total. The number of nitrogens with one attached hydrogen (secondary N) is 1. The van der Waals surface area contributed by atoms with Gasteiger partial charge in [0.2, 0.25) is 11.0 Å². The first-order valence-electron chi connectivity index (χ1n) is 12.6. The molecule has 1 amide bonds. The second-order valence-electron chi connectivity index (χ2n) is 10.4. The van der Waals surface area contributed by atoms with Crippen molar-refractivity contribution in [3.63, 3.8) is 0 Å². The predicted molar refractivity (Wildman–Crippen MR) is 159 cm³/mol. The second kappa shape index (κ2) is 11.4. The summed E-state index contributed by atoms with van der Waals surface area (Å²) in [6, 6.07) is 18.0. The predicted octanol–water partition coefficient (Wildman–Crippen LogP) is 5.73. The lowest BCUT2D eigenvalue weighted by Crippen LogP contribution is -2.42. The van der Waals surface area contributed by atoms with Crippen LogP contribution in [-0.2, 0) is 9.59 Å². The van der Waals surface area contributed by atoms with Crippen molar-refractivity contribution < 1.29 is 9.59 Å². The van der Waals surface area contributed by atoms with Crippen molar-refractivity contribution in [1.82, 2.24) is 10.2 Å². The van der Waals surface area contributed by atoms with Gasteiger partial charge in [-0.05, 0) is 53.8 Å². The molecule has 0 bridgehead atoms. The van der Waals surface area contributed by atoms with Gasteiger partial charge in [-0.25, -0.2) is 0 Å². The minimum Gasteiger partial charge on any atom is -0.384 e. The van der Waals surface area contributed by atoms with Gasteiger partial charge in [0.05, 0.1) is 34.9 Å². The number of hydrogen-bond acceptors (Lipinski definition) is 10. The van der Waals surface area contributed by atoms with Gasteiger partial charge in [-0.1, -0.05) is 60.7 Å². The highest BCUT2D eigenvalue weighted by molar-refractivity contribution is 8.01. The maximum absolute atomic E-state index is 13.6. The summed E-state index contributed by atoms with van der Waals surface area (Å²) in [5.41, 5.74) is 9.68. The number of benzene rings is 2. The van der Waals surface area contributed by atoms with Crippen LogP contribution in [0.15, 0.2) is 75.5 Å². The molecule has 1 atom stereocenters. The zero-order valence-electron chi connectivity index (χ0n) is 22.1. The number of nitrogens with zero attached hydrogens (tertiary/aromatic N) is 5. The van der Waals surface area contributed by atoms with Gasteiger partial charge in [-0.15, -0.1) is 10.2 Å². The zero-order chi connectivity index (χ0) is 29.3. The molecular formula is C29H24ClN7O2S2. The Bertz CT molecular complexity index is 1680. The van der Waals surface area contributed by atoms with Gasteiger partial charge in [0, 0.05) is 28.4 Å². The molecule has 2 heterocycles. The average molecular weight is 602 g/mol. The van der Waals surface area contributed by atoms with Crippen LogP contribution in [0.4, 0.5) is 10.8 Å². The molecule has 0 fully saturated rings. The zero-order valence-corrected chi connectivity index (χ0v) is 24.5. The Morgan fingerprint density at radius 1 is 1.15 bits per heavy atom. The van der Waals surface area contributed by atoms with Crippen LogP contribution in [0.3, 0.4) is 0 Å². The number of nitrogens with two attached hydrogens (primary N) is 1. The molecule has 5 rings (SSSR count). The van der Waals surface area contributed by atoms with Crippen LogP contribution in [0.25, 0.3) is 0 Å². The smallest absolute Gasteiger partial charge is 0.234 e. The van der Waals surface area contributed by atoms with E-state index in [0.717, 1.165) is 5.56 Å². The molecule has 41 heavy (non-hydrogen) atoms. The van der Waals surface area contributed by atoms with E-state index >= 15 is 0 Å². The summed E-state index contributed by atoms with van der Waals surface area (Å²) in [7, 11) is 0. The van der Waals surface area contributed by atoms with Crippen LogP contribution in [0.5, 0.6) is 0 Å². The van der Waals surface area contributed by atoms with Crippen LogP contribution in [-0.4, -0.2) is 27.6 Å². The van der Waals surface area contributed by atoms with E-state index in [0.29, 0.717) is 49.9 Å². The third-order valence-corrected chi connectivity index (χ3v) is 9.09. The normalized spacial score (nSPS) is 18.0. The Morgan fingerprint density at radius 2 is 1.85 bits per heavy atom. The van der Waals surface area contributed by atoms with Gasteiger partial charge < -0.3 is 11.1 Å². The lowest BCUT2D eigenvalue weighted by molar-refractivity contribution is -0.118. The van der Waals surface area contributed by atoms with Gasteiger partial charge in [-0.2, -0.15) is 10.5 Å². The summed E-state index contributed by atoms with van der Waals surface area (Å²) in [5, 5.41) is 31.5. The number of carbonyl (C=O) groups is 2. The van der Waals surface area contributed by atoms with E-state index in [2.05, 4.69) is 21.6 Å². The summed E-state index contributed by atoms with van der Waals surface area (Å²) in [6.07, 6.45) is 0.889. The monoisotopic (exact) mass is 601 g/mol. The number of halogens is 1. The van der Waals surface area contributed by atoms with E-state index in [1.807, 2.05) is 32.0 Å². The van der Waals surface area contributed by atoms with Gasteiger partial charge >= 0.3 is 0 Å². The summed E-state index contributed by atoms with van der Waals surface area (Å²) in [5.74, 6) is -0.611. The highest BCUT2D eigenvalue weighted by Crippen LogP contribution is 2.50. The van der Waals surface area contributed by atoms with Gasteiger partial charge in [0.25, 0.3) is 0 Å². The van der Waals surface area contributed by atoms with Crippen LogP contribution in [0.1, 0.15) is 43.7 Å². The number of ketones is 1. The lowest BCUT2D eigenvalue weighted by atomic mass is 9.69. The fourth-order valence-corrected chi connectivity index (χ4v) is 6.83. The van der Waals surface area contributed by atoms with Crippen molar-refractivity contribution in [2.75, 3.05) is 16.0 Å². The Labute approximate surface area is 250 Å². The number of allylic oxidation sites excluding steroid dienone is 3. The maximum Gasteiger partial charge on any atom is 0.234 e. The quantitative estimate of drug-likeness (QED) is 0.337. The summed E-state index contributed by atoms with van der Waals surface area (Å²) in [6.45, 7) is 4.05. The average Bonchev–Trinajstić information content (AvgIpc) is 3.40.